The molecule has 1 fully saturated rings. The summed E-state index contributed by atoms with van der Waals surface area (Å²) in [5, 5.41) is 0. The van der Waals surface area contributed by atoms with Gasteiger partial charge in [-0.05, 0) is 40.0 Å². The summed E-state index contributed by atoms with van der Waals surface area (Å²) in [5.74, 6) is 0.113. The SMILES string of the molecule is CC(C)CN1CCN(S(=O)(=O)c2ccc(F)cc2Br)CC1. The van der Waals surface area contributed by atoms with Crippen LogP contribution in [-0.4, -0.2) is 50.3 Å². The van der Waals surface area contributed by atoms with Gasteiger partial charge in [0.2, 0.25) is 10.0 Å². The molecule has 0 aromatic heterocycles. The zero-order valence-electron chi connectivity index (χ0n) is 12.2. The lowest BCUT2D eigenvalue weighted by Gasteiger charge is -2.34. The molecule has 0 saturated carbocycles. The Balaban J connectivity index is 2.11. The number of nitrogens with zero attached hydrogens (tertiary/aromatic N) is 2. The Labute approximate surface area is 134 Å². The fraction of sp³-hybridized carbons (Fsp3) is 0.571. The van der Waals surface area contributed by atoms with Crippen LogP contribution in [0.3, 0.4) is 0 Å². The number of rotatable bonds is 4. The van der Waals surface area contributed by atoms with Crippen molar-refractivity contribution in [3.63, 3.8) is 0 Å². The van der Waals surface area contributed by atoms with E-state index in [1.807, 2.05) is 0 Å². The number of hydrogen-bond donors (Lipinski definition) is 0. The first-order valence-electron chi connectivity index (χ1n) is 6.98. The molecule has 7 heteroatoms. The molecule has 0 radical (unpaired) electrons. The lowest BCUT2D eigenvalue weighted by molar-refractivity contribution is 0.172. The van der Waals surface area contributed by atoms with Gasteiger partial charge in [-0.15, -0.1) is 0 Å². The van der Waals surface area contributed by atoms with E-state index in [9.17, 15) is 12.8 Å². The first-order valence-corrected chi connectivity index (χ1v) is 9.21. The van der Waals surface area contributed by atoms with Crippen molar-refractivity contribution in [3.8, 4) is 0 Å². The number of benzene rings is 1. The van der Waals surface area contributed by atoms with Crippen LogP contribution in [0.1, 0.15) is 13.8 Å². The first kappa shape index (κ1) is 16.9. The average molecular weight is 379 g/mol. The molecule has 0 amide bonds. The molecule has 118 valence electrons. The minimum Gasteiger partial charge on any atom is -0.300 e. The average Bonchev–Trinajstić information content (AvgIpc) is 2.38. The smallest absolute Gasteiger partial charge is 0.244 e. The molecule has 2 rings (SSSR count). The van der Waals surface area contributed by atoms with Crippen LogP contribution in [0.2, 0.25) is 0 Å². The van der Waals surface area contributed by atoms with Crippen molar-refractivity contribution in [1.29, 1.82) is 0 Å². The molecule has 0 N–H and O–H groups in total. The van der Waals surface area contributed by atoms with Gasteiger partial charge in [-0.25, -0.2) is 12.8 Å². The summed E-state index contributed by atoms with van der Waals surface area (Å²) in [6.45, 7) is 7.69. The van der Waals surface area contributed by atoms with Gasteiger partial charge in [0.05, 0.1) is 4.90 Å². The first-order chi connectivity index (χ1) is 9.80. The van der Waals surface area contributed by atoms with E-state index in [1.54, 1.807) is 0 Å². The molecule has 1 aliphatic heterocycles. The van der Waals surface area contributed by atoms with E-state index in [0.717, 1.165) is 19.6 Å². The minimum absolute atomic E-state index is 0.126. The summed E-state index contributed by atoms with van der Waals surface area (Å²) in [6, 6.07) is 3.67. The summed E-state index contributed by atoms with van der Waals surface area (Å²) in [6.07, 6.45) is 0. The van der Waals surface area contributed by atoms with E-state index < -0.39 is 15.8 Å². The van der Waals surface area contributed by atoms with Crippen LogP contribution in [0.4, 0.5) is 4.39 Å². The van der Waals surface area contributed by atoms with Crippen LogP contribution in [0.15, 0.2) is 27.6 Å². The molecule has 1 aromatic rings. The van der Waals surface area contributed by atoms with Gasteiger partial charge in [-0.3, -0.25) is 0 Å². The summed E-state index contributed by atoms with van der Waals surface area (Å²) < 4.78 is 40.1. The van der Waals surface area contributed by atoms with Gasteiger partial charge in [-0.2, -0.15) is 4.31 Å². The molecule has 1 aliphatic rings. The molecule has 0 unspecified atom stereocenters. The van der Waals surface area contributed by atoms with Gasteiger partial charge < -0.3 is 4.90 Å². The maximum absolute atomic E-state index is 13.1. The summed E-state index contributed by atoms with van der Waals surface area (Å²) in [4.78, 5) is 2.40. The van der Waals surface area contributed by atoms with Crippen molar-refractivity contribution in [1.82, 2.24) is 9.21 Å². The maximum atomic E-state index is 13.1. The topological polar surface area (TPSA) is 40.6 Å². The quantitative estimate of drug-likeness (QED) is 0.808. The molecule has 4 nitrogen and oxygen atoms in total. The molecular formula is C14H20BrFN2O2S. The Kier molecular flexibility index (Phi) is 5.40. The number of hydrogen-bond acceptors (Lipinski definition) is 3. The fourth-order valence-corrected chi connectivity index (χ4v) is 4.92. The highest BCUT2D eigenvalue weighted by Gasteiger charge is 2.30. The Bertz CT molecular complexity index is 599. The van der Waals surface area contributed by atoms with Gasteiger partial charge in [0.1, 0.15) is 5.82 Å². The summed E-state index contributed by atoms with van der Waals surface area (Å²) in [5.41, 5.74) is 0. The van der Waals surface area contributed by atoms with Crippen molar-refractivity contribution < 1.29 is 12.8 Å². The van der Waals surface area contributed by atoms with E-state index in [-0.39, 0.29) is 9.37 Å². The Morgan fingerprint density at radius 1 is 1.24 bits per heavy atom. The second-order valence-electron chi connectivity index (χ2n) is 5.67. The molecule has 0 spiro atoms. The lowest BCUT2D eigenvalue weighted by atomic mass is 10.2. The van der Waals surface area contributed by atoms with Crippen LogP contribution < -0.4 is 0 Å². The number of sulfonamides is 1. The normalized spacial score (nSPS) is 18.3. The van der Waals surface area contributed by atoms with Crippen LogP contribution in [0.5, 0.6) is 0 Å². The van der Waals surface area contributed by atoms with Crippen LogP contribution in [-0.2, 0) is 10.0 Å². The Morgan fingerprint density at radius 2 is 1.86 bits per heavy atom. The van der Waals surface area contributed by atoms with Gasteiger partial charge in [0.25, 0.3) is 0 Å². The zero-order chi connectivity index (χ0) is 15.6. The van der Waals surface area contributed by atoms with Gasteiger partial charge in [0.15, 0.2) is 0 Å². The fourth-order valence-electron chi connectivity index (χ4n) is 2.49. The van der Waals surface area contributed by atoms with Gasteiger partial charge >= 0.3 is 0 Å². The monoisotopic (exact) mass is 378 g/mol. The molecule has 0 aliphatic carbocycles. The van der Waals surface area contributed by atoms with Crippen LogP contribution >= 0.6 is 15.9 Å². The van der Waals surface area contributed by atoms with Crippen LogP contribution in [0, 0.1) is 11.7 Å². The van der Waals surface area contributed by atoms with E-state index in [4.69, 9.17) is 0 Å². The second kappa shape index (κ2) is 6.73. The molecule has 1 heterocycles. The number of piperazine rings is 1. The van der Waals surface area contributed by atoms with E-state index in [1.165, 1.54) is 22.5 Å². The van der Waals surface area contributed by atoms with Gasteiger partial charge in [-0.1, -0.05) is 13.8 Å². The lowest BCUT2D eigenvalue weighted by Crippen LogP contribution is -2.49. The van der Waals surface area contributed by atoms with Crippen LogP contribution in [0.25, 0.3) is 0 Å². The summed E-state index contributed by atoms with van der Waals surface area (Å²) >= 11 is 3.14. The molecule has 1 saturated heterocycles. The molecule has 0 bridgehead atoms. The Hall–Kier alpha value is -0.500. The molecule has 0 atom stereocenters. The van der Waals surface area contributed by atoms with Gasteiger partial charge in [0, 0.05) is 37.2 Å². The molecule has 21 heavy (non-hydrogen) atoms. The largest absolute Gasteiger partial charge is 0.300 e. The maximum Gasteiger partial charge on any atom is 0.244 e. The summed E-state index contributed by atoms with van der Waals surface area (Å²) in [7, 11) is -3.57. The highest BCUT2D eigenvalue weighted by atomic mass is 79.9. The van der Waals surface area contributed by atoms with Crippen molar-refractivity contribution in [2.45, 2.75) is 18.7 Å². The number of halogens is 2. The highest BCUT2D eigenvalue weighted by molar-refractivity contribution is 9.10. The third-order valence-electron chi connectivity index (χ3n) is 3.47. The standard InChI is InChI=1S/C14H20BrFN2O2S/c1-11(2)10-17-5-7-18(8-6-17)21(19,20)14-4-3-12(16)9-13(14)15/h3-4,9,11H,5-8,10H2,1-2H3. The minimum atomic E-state index is -3.57. The van der Waals surface area contributed by atoms with Crippen molar-refractivity contribution in [2.24, 2.45) is 5.92 Å². The van der Waals surface area contributed by atoms with Crippen molar-refractivity contribution >= 4 is 26.0 Å². The third-order valence-corrected chi connectivity index (χ3v) is 6.34. The zero-order valence-corrected chi connectivity index (χ0v) is 14.6. The third kappa shape index (κ3) is 4.03. The molecule has 1 aromatic carbocycles. The predicted octanol–water partition coefficient (Wildman–Crippen LogP) is 2.55. The predicted molar refractivity (Wildman–Crippen MR) is 84.1 cm³/mol. The highest BCUT2D eigenvalue weighted by Crippen LogP contribution is 2.26. The molecular weight excluding hydrogens is 359 g/mol. The van der Waals surface area contributed by atoms with Crippen molar-refractivity contribution in [3.05, 3.63) is 28.5 Å². The van der Waals surface area contributed by atoms with E-state index >= 15 is 0 Å². The van der Waals surface area contributed by atoms with E-state index in [0.29, 0.717) is 19.0 Å². The second-order valence-corrected chi connectivity index (χ2v) is 8.43. The van der Waals surface area contributed by atoms with E-state index in [2.05, 4.69) is 34.7 Å². The Morgan fingerprint density at radius 3 is 2.38 bits per heavy atom. The van der Waals surface area contributed by atoms with Crippen molar-refractivity contribution in [2.75, 3.05) is 32.7 Å².